The highest BCUT2D eigenvalue weighted by molar-refractivity contribution is 5.97. The lowest BCUT2D eigenvalue weighted by molar-refractivity contribution is -0.147. The minimum Gasteiger partial charge on any atom is -0.337 e. The van der Waals surface area contributed by atoms with E-state index in [9.17, 15) is 18.0 Å². The van der Waals surface area contributed by atoms with Crippen molar-refractivity contribution in [3.05, 3.63) is 29.6 Å². The third-order valence-electron chi connectivity index (χ3n) is 4.22. The second-order valence-electron chi connectivity index (χ2n) is 6.40. The van der Waals surface area contributed by atoms with Gasteiger partial charge in [-0.05, 0) is 38.5 Å². The number of carbonyl (C=O) groups is 1. The van der Waals surface area contributed by atoms with Crippen LogP contribution >= 0.6 is 0 Å². The number of alkyl halides is 3. The maximum atomic E-state index is 13.2. The normalized spacial score (nSPS) is 18.8. The van der Waals surface area contributed by atoms with Crippen molar-refractivity contribution in [1.29, 1.82) is 0 Å². The van der Waals surface area contributed by atoms with Gasteiger partial charge in [0, 0.05) is 30.7 Å². The van der Waals surface area contributed by atoms with E-state index in [1.807, 2.05) is 0 Å². The maximum Gasteiger partial charge on any atom is 0.449 e. The van der Waals surface area contributed by atoms with E-state index in [1.54, 1.807) is 24.8 Å². The van der Waals surface area contributed by atoms with Gasteiger partial charge in [0.1, 0.15) is 0 Å². The Kier molecular flexibility index (Phi) is 4.03. The van der Waals surface area contributed by atoms with Crippen LogP contribution in [0.2, 0.25) is 0 Å². The molecule has 0 radical (unpaired) electrons. The smallest absolute Gasteiger partial charge is 0.337 e. The number of halogens is 3. The highest BCUT2D eigenvalue weighted by Gasteiger charge is 2.38. The van der Waals surface area contributed by atoms with Crippen LogP contribution in [-0.2, 0) is 6.18 Å². The molecule has 1 aliphatic rings. The number of benzene rings is 1. The van der Waals surface area contributed by atoms with Crippen molar-refractivity contribution in [2.24, 2.45) is 5.73 Å². The molecule has 8 heteroatoms. The van der Waals surface area contributed by atoms with Crippen LogP contribution in [0.25, 0.3) is 11.0 Å². The summed E-state index contributed by atoms with van der Waals surface area (Å²) in [7, 11) is 0. The predicted octanol–water partition coefficient (Wildman–Crippen LogP) is 2.81. The van der Waals surface area contributed by atoms with Crippen molar-refractivity contribution in [2.45, 2.75) is 38.5 Å². The summed E-state index contributed by atoms with van der Waals surface area (Å²) in [6.45, 7) is 4.36. The average Bonchev–Trinajstić information content (AvgIpc) is 3.08. The topological polar surface area (TPSA) is 64.2 Å². The summed E-state index contributed by atoms with van der Waals surface area (Å²) in [5, 5.41) is 0. The first kappa shape index (κ1) is 16.8. The summed E-state index contributed by atoms with van der Waals surface area (Å²) in [5.74, 6) is -1.17. The highest BCUT2D eigenvalue weighted by atomic mass is 19.4. The van der Waals surface area contributed by atoms with E-state index in [-0.39, 0.29) is 17.5 Å². The van der Waals surface area contributed by atoms with E-state index >= 15 is 0 Å². The first-order chi connectivity index (χ1) is 11.2. The molecular weight excluding hydrogens is 321 g/mol. The lowest BCUT2D eigenvalue weighted by Gasteiger charge is -2.16. The van der Waals surface area contributed by atoms with Crippen molar-refractivity contribution in [3.8, 4) is 0 Å². The third-order valence-corrected chi connectivity index (χ3v) is 4.22. The predicted molar refractivity (Wildman–Crippen MR) is 83.6 cm³/mol. The summed E-state index contributed by atoms with van der Waals surface area (Å²) in [5.41, 5.74) is 6.67. The molecule has 0 aliphatic carbocycles. The fourth-order valence-corrected chi connectivity index (χ4v) is 3.11. The molecule has 3 rings (SSSR count). The molecule has 1 fully saturated rings. The zero-order chi connectivity index (χ0) is 17.6. The number of imidazole rings is 1. The van der Waals surface area contributed by atoms with Gasteiger partial charge in [-0.3, -0.25) is 4.79 Å². The number of nitrogens with zero attached hydrogens (tertiary/aromatic N) is 3. The SMILES string of the molecule is CC(C)n1c(C(F)(F)F)nc2cc(C(=O)N3CC[C@@H](N)C3)ccc21. The van der Waals surface area contributed by atoms with Crippen LogP contribution in [0.1, 0.15) is 42.5 Å². The summed E-state index contributed by atoms with van der Waals surface area (Å²) in [6.07, 6.45) is -3.82. The number of rotatable bonds is 2. The van der Waals surface area contributed by atoms with Gasteiger partial charge in [0.05, 0.1) is 11.0 Å². The third kappa shape index (κ3) is 2.86. The van der Waals surface area contributed by atoms with Crippen molar-refractivity contribution in [2.75, 3.05) is 13.1 Å². The van der Waals surface area contributed by atoms with Crippen LogP contribution in [0, 0.1) is 0 Å². The Labute approximate surface area is 137 Å². The molecule has 1 aromatic heterocycles. The van der Waals surface area contributed by atoms with E-state index in [0.29, 0.717) is 24.2 Å². The molecule has 0 bridgehead atoms. The second kappa shape index (κ2) is 5.77. The molecule has 1 aromatic carbocycles. The monoisotopic (exact) mass is 340 g/mol. The van der Waals surface area contributed by atoms with Gasteiger partial charge >= 0.3 is 6.18 Å². The average molecular weight is 340 g/mol. The van der Waals surface area contributed by atoms with Crippen LogP contribution in [-0.4, -0.2) is 39.5 Å². The molecule has 1 atom stereocenters. The van der Waals surface area contributed by atoms with Crippen molar-refractivity contribution >= 4 is 16.9 Å². The van der Waals surface area contributed by atoms with Crippen LogP contribution in [0.5, 0.6) is 0 Å². The van der Waals surface area contributed by atoms with E-state index < -0.39 is 18.0 Å². The minimum absolute atomic E-state index is 0.0466. The van der Waals surface area contributed by atoms with Gasteiger partial charge < -0.3 is 15.2 Å². The van der Waals surface area contributed by atoms with Gasteiger partial charge in [-0.2, -0.15) is 13.2 Å². The molecule has 2 N–H and O–H groups in total. The lowest BCUT2D eigenvalue weighted by atomic mass is 10.1. The Morgan fingerprint density at radius 3 is 2.62 bits per heavy atom. The van der Waals surface area contributed by atoms with Gasteiger partial charge in [0.15, 0.2) is 0 Å². The maximum absolute atomic E-state index is 13.2. The molecule has 130 valence electrons. The number of nitrogens with two attached hydrogens (primary N) is 1. The van der Waals surface area contributed by atoms with Gasteiger partial charge in [0.25, 0.3) is 5.91 Å². The Balaban J connectivity index is 2.04. The highest BCUT2D eigenvalue weighted by Crippen LogP contribution is 2.34. The van der Waals surface area contributed by atoms with Crippen molar-refractivity contribution in [1.82, 2.24) is 14.5 Å². The standard InChI is InChI=1S/C16H19F3N4O/c1-9(2)23-13-4-3-10(14(24)22-6-5-11(20)8-22)7-12(13)21-15(23)16(17,18)19/h3-4,7,9,11H,5-6,8,20H2,1-2H3/t11-/m1/s1. The van der Waals surface area contributed by atoms with Crippen LogP contribution in [0.15, 0.2) is 18.2 Å². The second-order valence-corrected chi connectivity index (χ2v) is 6.40. The summed E-state index contributed by atoms with van der Waals surface area (Å²) in [6, 6.07) is 4.06. The van der Waals surface area contributed by atoms with Crippen molar-refractivity contribution in [3.63, 3.8) is 0 Å². The first-order valence-corrected chi connectivity index (χ1v) is 7.82. The van der Waals surface area contributed by atoms with Crippen LogP contribution < -0.4 is 5.73 Å². The molecule has 2 aromatic rings. The molecule has 0 unspecified atom stereocenters. The van der Waals surface area contributed by atoms with Crippen LogP contribution in [0.3, 0.4) is 0 Å². The summed E-state index contributed by atoms with van der Waals surface area (Å²) >= 11 is 0. The van der Waals surface area contributed by atoms with Gasteiger partial charge in [0.2, 0.25) is 5.82 Å². The Hall–Kier alpha value is -2.09. The zero-order valence-electron chi connectivity index (χ0n) is 13.5. The minimum atomic E-state index is -4.55. The van der Waals surface area contributed by atoms with Gasteiger partial charge in [-0.1, -0.05) is 0 Å². The Morgan fingerprint density at radius 1 is 1.38 bits per heavy atom. The molecule has 1 amide bonds. The first-order valence-electron chi connectivity index (χ1n) is 7.82. The molecule has 24 heavy (non-hydrogen) atoms. The number of hydrogen-bond acceptors (Lipinski definition) is 3. The Bertz CT molecular complexity index is 781. The number of hydrogen-bond donors (Lipinski definition) is 1. The van der Waals surface area contributed by atoms with E-state index in [4.69, 9.17) is 5.73 Å². The molecule has 1 saturated heterocycles. The summed E-state index contributed by atoms with van der Waals surface area (Å²) in [4.78, 5) is 17.8. The number of carbonyl (C=O) groups excluding carboxylic acids is 1. The fourth-order valence-electron chi connectivity index (χ4n) is 3.11. The lowest BCUT2D eigenvalue weighted by Crippen LogP contribution is -2.31. The van der Waals surface area contributed by atoms with E-state index in [1.165, 1.54) is 12.1 Å². The molecule has 0 saturated carbocycles. The quantitative estimate of drug-likeness (QED) is 0.914. The molecule has 2 heterocycles. The molecule has 0 spiro atoms. The largest absolute Gasteiger partial charge is 0.449 e. The summed E-state index contributed by atoms with van der Waals surface area (Å²) < 4.78 is 40.8. The zero-order valence-corrected chi connectivity index (χ0v) is 13.5. The van der Waals surface area contributed by atoms with Gasteiger partial charge in [-0.15, -0.1) is 0 Å². The molecule has 5 nitrogen and oxygen atoms in total. The fraction of sp³-hybridized carbons (Fsp3) is 0.500. The van der Waals surface area contributed by atoms with Crippen LogP contribution in [0.4, 0.5) is 13.2 Å². The Morgan fingerprint density at radius 2 is 2.08 bits per heavy atom. The number of fused-ring (bicyclic) bond motifs is 1. The molecular formula is C16H19F3N4O. The van der Waals surface area contributed by atoms with E-state index in [2.05, 4.69) is 4.98 Å². The van der Waals surface area contributed by atoms with E-state index in [0.717, 1.165) is 11.0 Å². The number of amides is 1. The molecule has 1 aliphatic heterocycles. The van der Waals surface area contributed by atoms with Crippen molar-refractivity contribution < 1.29 is 18.0 Å². The van der Waals surface area contributed by atoms with Gasteiger partial charge in [-0.25, -0.2) is 4.98 Å². The number of likely N-dealkylation sites (tertiary alicyclic amines) is 1. The number of aromatic nitrogens is 2.